The van der Waals surface area contributed by atoms with Crippen molar-refractivity contribution in [3.05, 3.63) is 35.4 Å². The second kappa shape index (κ2) is 8.00. The standard InChI is InChI=1S/C16H20N2O2/c1-4-9-20-15-7-5-13(6-8-15)10-14(11-17)16(19)18-12(2)3/h5-8,10,12H,4,9H2,1-3H3,(H,18,19)/b14-10-. The molecule has 0 aliphatic rings. The van der Waals surface area contributed by atoms with Crippen molar-refractivity contribution in [2.75, 3.05) is 6.61 Å². The van der Waals surface area contributed by atoms with Crippen molar-refractivity contribution in [1.82, 2.24) is 5.32 Å². The summed E-state index contributed by atoms with van der Waals surface area (Å²) >= 11 is 0. The van der Waals surface area contributed by atoms with Gasteiger partial charge in [-0.25, -0.2) is 0 Å². The number of carbonyl (C=O) groups is 1. The van der Waals surface area contributed by atoms with Crippen molar-refractivity contribution in [3.63, 3.8) is 0 Å². The highest BCUT2D eigenvalue weighted by molar-refractivity contribution is 6.01. The van der Waals surface area contributed by atoms with Crippen LogP contribution >= 0.6 is 0 Å². The molecule has 0 unspecified atom stereocenters. The smallest absolute Gasteiger partial charge is 0.262 e. The Balaban J connectivity index is 2.80. The summed E-state index contributed by atoms with van der Waals surface area (Å²) < 4.78 is 5.48. The molecule has 106 valence electrons. The summed E-state index contributed by atoms with van der Waals surface area (Å²) in [5.41, 5.74) is 0.894. The third-order valence-corrected chi connectivity index (χ3v) is 2.45. The van der Waals surface area contributed by atoms with Crippen molar-refractivity contribution >= 4 is 12.0 Å². The number of hydrogen-bond donors (Lipinski definition) is 1. The lowest BCUT2D eigenvalue weighted by Gasteiger charge is -2.07. The van der Waals surface area contributed by atoms with Gasteiger partial charge in [0.1, 0.15) is 17.4 Å². The molecule has 0 radical (unpaired) electrons. The molecule has 4 nitrogen and oxygen atoms in total. The van der Waals surface area contributed by atoms with E-state index in [-0.39, 0.29) is 17.5 Å². The first-order valence-electron chi connectivity index (χ1n) is 6.72. The molecule has 0 heterocycles. The first kappa shape index (κ1) is 15.8. The van der Waals surface area contributed by atoms with E-state index in [1.165, 1.54) is 0 Å². The van der Waals surface area contributed by atoms with Gasteiger partial charge in [-0.2, -0.15) is 5.26 Å². The topological polar surface area (TPSA) is 62.1 Å². The first-order chi connectivity index (χ1) is 9.56. The van der Waals surface area contributed by atoms with E-state index in [2.05, 4.69) is 5.32 Å². The Morgan fingerprint density at radius 2 is 2.05 bits per heavy atom. The lowest BCUT2D eigenvalue weighted by atomic mass is 10.1. The minimum atomic E-state index is -0.353. The number of benzene rings is 1. The molecular weight excluding hydrogens is 252 g/mol. The molecule has 0 spiro atoms. The van der Waals surface area contributed by atoms with Crippen LogP contribution in [0, 0.1) is 11.3 Å². The number of nitrogens with one attached hydrogen (secondary N) is 1. The van der Waals surface area contributed by atoms with E-state index in [9.17, 15) is 4.79 Å². The molecule has 0 aliphatic carbocycles. The Hall–Kier alpha value is -2.28. The van der Waals surface area contributed by atoms with Gasteiger partial charge in [-0.15, -0.1) is 0 Å². The van der Waals surface area contributed by atoms with E-state index in [1.807, 2.05) is 51.1 Å². The van der Waals surface area contributed by atoms with Crippen molar-refractivity contribution in [2.45, 2.75) is 33.2 Å². The van der Waals surface area contributed by atoms with Crippen LogP contribution in [0.25, 0.3) is 6.08 Å². The molecule has 1 rings (SSSR count). The van der Waals surface area contributed by atoms with Crippen LogP contribution in [0.4, 0.5) is 0 Å². The molecule has 4 heteroatoms. The second-order valence-electron chi connectivity index (χ2n) is 4.72. The molecule has 1 N–H and O–H groups in total. The lowest BCUT2D eigenvalue weighted by Crippen LogP contribution is -2.30. The average molecular weight is 272 g/mol. The first-order valence-corrected chi connectivity index (χ1v) is 6.72. The monoisotopic (exact) mass is 272 g/mol. The molecule has 0 fully saturated rings. The van der Waals surface area contributed by atoms with Crippen LogP contribution in [-0.4, -0.2) is 18.6 Å². The highest BCUT2D eigenvalue weighted by atomic mass is 16.5. The van der Waals surface area contributed by atoms with E-state index in [4.69, 9.17) is 10.00 Å². The zero-order valence-electron chi connectivity index (χ0n) is 12.1. The highest BCUT2D eigenvalue weighted by Gasteiger charge is 2.09. The van der Waals surface area contributed by atoms with Gasteiger partial charge in [-0.1, -0.05) is 19.1 Å². The highest BCUT2D eigenvalue weighted by Crippen LogP contribution is 2.14. The molecule has 0 saturated carbocycles. The lowest BCUT2D eigenvalue weighted by molar-refractivity contribution is -0.117. The number of carbonyl (C=O) groups excluding carboxylic acids is 1. The summed E-state index contributed by atoms with van der Waals surface area (Å²) in [6.07, 6.45) is 2.52. The quantitative estimate of drug-likeness (QED) is 0.639. The second-order valence-corrected chi connectivity index (χ2v) is 4.72. The fourth-order valence-electron chi connectivity index (χ4n) is 1.54. The maximum absolute atomic E-state index is 11.8. The van der Waals surface area contributed by atoms with Crippen molar-refractivity contribution in [3.8, 4) is 11.8 Å². The number of hydrogen-bond acceptors (Lipinski definition) is 3. The summed E-state index contributed by atoms with van der Waals surface area (Å²) in [5.74, 6) is 0.433. The van der Waals surface area contributed by atoms with E-state index < -0.39 is 0 Å². The minimum Gasteiger partial charge on any atom is -0.494 e. The molecular formula is C16H20N2O2. The maximum atomic E-state index is 11.8. The Morgan fingerprint density at radius 1 is 1.40 bits per heavy atom. The number of rotatable bonds is 6. The van der Waals surface area contributed by atoms with E-state index in [1.54, 1.807) is 6.08 Å². The number of amides is 1. The largest absolute Gasteiger partial charge is 0.494 e. The van der Waals surface area contributed by atoms with Crippen molar-refractivity contribution < 1.29 is 9.53 Å². The molecule has 1 aromatic carbocycles. The van der Waals surface area contributed by atoms with Crippen LogP contribution in [0.2, 0.25) is 0 Å². The van der Waals surface area contributed by atoms with Gasteiger partial charge in [0, 0.05) is 6.04 Å². The summed E-state index contributed by atoms with van der Waals surface area (Å²) in [6, 6.07) is 9.24. The third-order valence-electron chi connectivity index (χ3n) is 2.45. The van der Waals surface area contributed by atoms with E-state index >= 15 is 0 Å². The van der Waals surface area contributed by atoms with Gasteiger partial charge in [0.2, 0.25) is 0 Å². The molecule has 0 bridgehead atoms. The van der Waals surface area contributed by atoms with Crippen LogP contribution in [0.15, 0.2) is 29.8 Å². The summed E-state index contributed by atoms with van der Waals surface area (Å²) in [7, 11) is 0. The number of nitrogens with zero attached hydrogens (tertiary/aromatic N) is 1. The predicted octanol–water partition coefficient (Wildman–Crippen LogP) is 2.91. The van der Waals surface area contributed by atoms with Gasteiger partial charge in [0.15, 0.2) is 0 Å². The van der Waals surface area contributed by atoms with Crippen LogP contribution in [0.3, 0.4) is 0 Å². The van der Waals surface area contributed by atoms with Gasteiger partial charge in [0.25, 0.3) is 5.91 Å². The summed E-state index contributed by atoms with van der Waals surface area (Å²) in [5, 5.41) is 11.7. The zero-order valence-corrected chi connectivity index (χ0v) is 12.1. The van der Waals surface area contributed by atoms with Crippen LogP contribution in [0.5, 0.6) is 5.75 Å². The van der Waals surface area contributed by atoms with E-state index in [0.717, 1.165) is 17.7 Å². The molecule has 20 heavy (non-hydrogen) atoms. The van der Waals surface area contributed by atoms with Crippen LogP contribution in [0.1, 0.15) is 32.8 Å². The number of nitriles is 1. The summed E-state index contributed by atoms with van der Waals surface area (Å²) in [4.78, 5) is 11.8. The summed E-state index contributed by atoms with van der Waals surface area (Å²) in [6.45, 7) is 6.43. The zero-order chi connectivity index (χ0) is 15.0. The van der Waals surface area contributed by atoms with Gasteiger partial charge < -0.3 is 10.1 Å². The van der Waals surface area contributed by atoms with Gasteiger partial charge in [-0.05, 0) is 44.0 Å². The van der Waals surface area contributed by atoms with Crippen LogP contribution < -0.4 is 10.1 Å². The molecule has 0 aliphatic heterocycles. The normalized spacial score (nSPS) is 11.1. The Bertz CT molecular complexity index is 510. The molecule has 0 saturated heterocycles. The van der Waals surface area contributed by atoms with Gasteiger partial charge in [-0.3, -0.25) is 4.79 Å². The molecule has 0 atom stereocenters. The van der Waals surface area contributed by atoms with Gasteiger partial charge >= 0.3 is 0 Å². The Labute approximate surface area is 120 Å². The van der Waals surface area contributed by atoms with Crippen molar-refractivity contribution in [2.24, 2.45) is 0 Å². The SMILES string of the molecule is CCCOc1ccc(/C=C(/C#N)C(=O)NC(C)C)cc1. The third kappa shape index (κ3) is 5.15. The minimum absolute atomic E-state index is 0.00377. The predicted molar refractivity (Wildman–Crippen MR) is 79.1 cm³/mol. The molecule has 1 aromatic rings. The average Bonchev–Trinajstić information content (AvgIpc) is 2.42. The van der Waals surface area contributed by atoms with Gasteiger partial charge in [0.05, 0.1) is 6.61 Å². The fourth-order valence-corrected chi connectivity index (χ4v) is 1.54. The van der Waals surface area contributed by atoms with Crippen molar-refractivity contribution in [1.29, 1.82) is 5.26 Å². The molecule has 1 amide bonds. The molecule has 0 aromatic heterocycles. The fraction of sp³-hybridized carbons (Fsp3) is 0.375. The maximum Gasteiger partial charge on any atom is 0.262 e. The van der Waals surface area contributed by atoms with E-state index in [0.29, 0.717) is 6.61 Å². The van der Waals surface area contributed by atoms with Crippen LogP contribution in [-0.2, 0) is 4.79 Å². The number of ether oxygens (including phenoxy) is 1. The Morgan fingerprint density at radius 3 is 2.55 bits per heavy atom. The Kier molecular flexibility index (Phi) is 6.31.